The van der Waals surface area contributed by atoms with Crippen LogP contribution in [-0.2, 0) is 14.4 Å². The van der Waals surface area contributed by atoms with Crippen LogP contribution in [0.1, 0.15) is 40.0 Å². The minimum Gasteiger partial charge on any atom is -0.351 e. The quantitative estimate of drug-likeness (QED) is 0.555. The number of amides is 3. The van der Waals surface area contributed by atoms with Gasteiger partial charge in [0.05, 0.1) is 6.04 Å². The summed E-state index contributed by atoms with van der Waals surface area (Å²) in [6.45, 7) is 6.68. The van der Waals surface area contributed by atoms with Crippen LogP contribution in [0.5, 0.6) is 0 Å². The second-order valence-electron chi connectivity index (χ2n) is 6.38. The van der Waals surface area contributed by atoms with Crippen LogP contribution in [0.4, 0.5) is 0 Å². The number of hydrogen-bond acceptors (Lipinski definition) is 4. The van der Waals surface area contributed by atoms with Gasteiger partial charge in [-0.15, -0.1) is 0 Å². The number of carbonyl (C=O) groups is 3. The summed E-state index contributed by atoms with van der Waals surface area (Å²) in [7, 11) is 0. The Morgan fingerprint density at radius 3 is 2.14 bits per heavy atom. The smallest absolute Gasteiger partial charge is 0.242 e. The SMILES string of the molecule is C[C@@H]1NC(=O)[C@H](C)NC(=O)[C@H]2CCCCN2C[C@H](C)NC1=O. The summed E-state index contributed by atoms with van der Waals surface area (Å²) in [6.07, 6.45) is 2.85. The van der Waals surface area contributed by atoms with Crippen LogP contribution in [0.15, 0.2) is 0 Å². The molecule has 2 heterocycles. The van der Waals surface area contributed by atoms with Gasteiger partial charge in [-0.2, -0.15) is 0 Å². The van der Waals surface area contributed by atoms with E-state index in [0.29, 0.717) is 6.54 Å². The fraction of sp³-hybridized carbons (Fsp3) is 0.800. The highest BCUT2D eigenvalue weighted by atomic mass is 16.2. The van der Waals surface area contributed by atoms with E-state index >= 15 is 0 Å². The maximum Gasteiger partial charge on any atom is 0.242 e. The number of piperidine rings is 1. The van der Waals surface area contributed by atoms with Gasteiger partial charge in [0, 0.05) is 12.6 Å². The third-order valence-electron chi connectivity index (χ3n) is 4.32. The molecule has 0 aromatic heterocycles. The van der Waals surface area contributed by atoms with Gasteiger partial charge < -0.3 is 16.0 Å². The van der Waals surface area contributed by atoms with Gasteiger partial charge in [0.15, 0.2) is 0 Å². The van der Waals surface area contributed by atoms with E-state index in [1.165, 1.54) is 0 Å². The van der Waals surface area contributed by atoms with E-state index in [0.717, 1.165) is 25.8 Å². The number of nitrogens with zero attached hydrogens (tertiary/aromatic N) is 1. The summed E-state index contributed by atoms with van der Waals surface area (Å²) in [6, 6.07) is -1.56. The molecule has 0 bridgehead atoms. The lowest BCUT2D eigenvalue weighted by Crippen LogP contribution is -2.60. The number of nitrogens with one attached hydrogen (secondary N) is 3. The van der Waals surface area contributed by atoms with Crippen LogP contribution in [0, 0.1) is 0 Å². The van der Waals surface area contributed by atoms with Crippen molar-refractivity contribution in [1.29, 1.82) is 0 Å². The Morgan fingerprint density at radius 2 is 1.45 bits per heavy atom. The summed E-state index contributed by atoms with van der Waals surface area (Å²) in [5.74, 6) is -0.644. The van der Waals surface area contributed by atoms with Crippen LogP contribution in [0.2, 0.25) is 0 Å². The van der Waals surface area contributed by atoms with Gasteiger partial charge in [-0.1, -0.05) is 6.42 Å². The largest absolute Gasteiger partial charge is 0.351 e. The minimum atomic E-state index is -0.650. The van der Waals surface area contributed by atoms with Crippen molar-refractivity contribution in [2.24, 2.45) is 0 Å². The molecule has 3 N–H and O–H groups in total. The Morgan fingerprint density at radius 1 is 0.864 bits per heavy atom. The van der Waals surface area contributed by atoms with E-state index in [4.69, 9.17) is 0 Å². The number of fused-ring (bicyclic) bond motifs is 1. The van der Waals surface area contributed by atoms with Gasteiger partial charge in [0.2, 0.25) is 17.7 Å². The molecular weight excluding hydrogens is 284 g/mol. The highest BCUT2D eigenvalue weighted by molar-refractivity contribution is 5.92. The first-order valence-electron chi connectivity index (χ1n) is 8.03. The summed E-state index contributed by atoms with van der Waals surface area (Å²) in [5.41, 5.74) is 0. The molecule has 0 aromatic rings. The molecule has 2 aliphatic rings. The molecule has 3 amide bonds. The van der Waals surface area contributed by atoms with Gasteiger partial charge in [-0.3, -0.25) is 19.3 Å². The van der Waals surface area contributed by atoms with Crippen LogP contribution in [0.3, 0.4) is 0 Å². The van der Waals surface area contributed by atoms with Gasteiger partial charge in [0.1, 0.15) is 12.1 Å². The van der Waals surface area contributed by atoms with E-state index in [9.17, 15) is 14.4 Å². The Bertz CT molecular complexity index is 454. The van der Waals surface area contributed by atoms with Gasteiger partial charge in [-0.25, -0.2) is 0 Å². The number of hydrogen-bond donors (Lipinski definition) is 3. The molecular formula is C15H26N4O3. The third kappa shape index (κ3) is 3.97. The average Bonchev–Trinajstić information content (AvgIpc) is 2.46. The Balaban J connectivity index is 2.18. The molecule has 2 fully saturated rings. The first kappa shape index (κ1) is 16.7. The summed E-state index contributed by atoms with van der Waals surface area (Å²) in [4.78, 5) is 38.7. The molecule has 0 saturated carbocycles. The lowest BCUT2D eigenvalue weighted by atomic mass is 10.00. The zero-order chi connectivity index (χ0) is 16.3. The first-order valence-corrected chi connectivity index (χ1v) is 8.03. The van der Waals surface area contributed by atoms with Crippen molar-refractivity contribution in [2.75, 3.05) is 13.1 Å². The average molecular weight is 310 g/mol. The second kappa shape index (κ2) is 7.09. The molecule has 7 heteroatoms. The van der Waals surface area contributed by atoms with E-state index < -0.39 is 12.1 Å². The molecule has 22 heavy (non-hydrogen) atoms. The number of rotatable bonds is 0. The Kier molecular flexibility index (Phi) is 5.39. The maximum atomic E-state index is 12.5. The molecule has 0 unspecified atom stereocenters. The Hall–Kier alpha value is -1.63. The molecule has 0 aliphatic carbocycles. The van der Waals surface area contributed by atoms with Crippen molar-refractivity contribution < 1.29 is 14.4 Å². The maximum absolute atomic E-state index is 12.5. The number of carbonyl (C=O) groups excluding carboxylic acids is 3. The molecule has 2 rings (SSSR count). The molecule has 124 valence electrons. The molecule has 2 saturated heterocycles. The zero-order valence-corrected chi connectivity index (χ0v) is 13.5. The standard InChI is InChI=1S/C15H26N4O3/c1-9-8-19-7-5-4-6-12(19)15(22)18-11(3)14(21)17-10(2)13(20)16-9/h9-12H,4-8H2,1-3H3,(H,16,20)(H,17,21)(H,18,22)/t9-,10-,11-,12+/m0/s1. The summed E-state index contributed by atoms with van der Waals surface area (Å²) >= 11 is 0. The van der Waals surface area contributed by atoms with Crippen molar-refractivity contribution in [3.05, 3.63) is 0 Å². The second-order valence-corrected chi connectivity index (χ2v) is 6.38. The van der Waals surface area contributed by atoms with Crippen molar-refractivity contribution in [3.63, 3.8) is 0 Å². The summed E-state index contributed by atoms with van der Waals surface area (Å²) < 4.78 is 0. The van der Waals surface area contributed by atoms with E-state index in [2.05, 4.69) is 20.9 Å². The van der Waals surface area contributed by atoms with Crippen LogP contribution < -0.4 is 16.0 Å². The van der Waals surface area contributed by atoms with E-state index in [1.54, 1.807) is 13.8 Å². The van der Waals surface area contributed by atoms with Crippen LogP contribution in [-0.4, -0.2) is 59.9 Å². The molecule has 0 aromatic carbocycles. The van der Waals surface area contributed by atoms with Gasteiger partial charge in [0.25, 0.3) is 0 Å². The van der Waals surface area contributed by atoms with Crippen molar-refractivity contribution in [1.82, 2.24) is 20.9 Å². The Labute approximate surface area is 131 Å². The highest BCUT2D eigenvalue weighted by Gasteiger charge is 2.32. The van der Waals surface area contributed by atoms with E-state index in [-0.39, 0.29) is 29.8 Å². The topological polar surface area (TPSA) is 90.5 Å². The fourth-order valence-electron chi connectivity index (χ4n) is 3.05. The van der Waals surface area contributed by atoms with Crippen molar-refractivity contribution in [3.8, 4) is 0 Å². The van der Waals surface area contributed by atoms with Crippen molar-refractivity contribution >= 4 is 17.7 Å². The molecule has 7 nitrogen and oxygen atoms in total. The minimum absolute atomic E-state index is 0.0721. The zero-order valence-electron chi connectivity index (χ0n) is 13.5. The fourth-order valence-corrected chi connectivity index (χ4v) is 3.05. The predicted molar refractivity (Wildman–Crippen MR) is 82.0 cm³/mol. The highest BCUT2D eigenvalue weighted by Crippen LogP contribution is 2.18. The normalized spacial score (nSPS) is 35.3. The monoisotopic (exact) mass is 310 g/mol. The molecule has 2 aliphatic heterocycles. The van der Waals surface area contributed by atoms with Crippen LogP contribution >= 0.6 is 0 Å². The molecule has 0 spiro atoms. The van der Waals surface area contributed by atoms with E-state index in [1.807, 2.05) is 6.92 Å². The third-order valence-corrected chi connectivity index (χ3v) is 4.32. The first-order chi connectivity index (χ1) is 10.4. The molecule has 0 radical (unpaired) electrons. The summed E-state index contributed by atoms with van der Waals surface area (Å²) in [5, 5.41) is 8.31. The van der Waals surface area contributed by atoms with Crippen molar-refractivity contribution in [2.45, 2.75) is 64.2 Å². The van der Waals surface area contributed by atoms with Crippen LogP contribution in [0.25, 0.3) is 0 Å². The van der Waals surface area contributed by atoms with Gasteiger partial charge >= 0.3 is 0 Å². The predicted octanol–water partition coefficient (Wildman–Crippen LogP) is -0.631. The lowest BCUT2D eigenvalue weighted by molar-refractivity contribution is -0.134. The lowest BCUT2D eigenvalue weighted by Gasteiger charge is -2.37. The van der Waals surface area contributed by atoms with Gasteiger partial charge in [-0.05, 0) is 40.2 Å². The molecule has 4 atom stereocenters.